The molecule has 0 saturated carbocycles. The van der Waals surface area contributed by atoms with Gasteiger partial charge in [-0.05, 0) is 17.7 Å². The molecule has 0 atom stereocenters. The molecule has 1 aromatic carbocycles. The highest BCUT2D eigenvalue weighted by Crippen LogP contribution is 2.14. The van der Waals surface area contributed by atoms with Crippen molar-refractivity contribution in [3.63, 3.8) is 0 Å². The van der Waals surface area contributed by atoms with Crippen LogP contribution in [0.4, 0.5) is 0 Å². The number of hydrogen-bond donors (Lipinski definition) is 1. The van der Waals surface area contributed by atoms with Crippen LogP contribution < -0.4 is 5.32 Å². The summed E-state index contributed by atoms with van der Waals surface area (Å²) in [6.07, 6.45) is 0.360. The third-order valence-corrected chi connectivity index (χ3v) is 4.60. The molecule has 5 nitrogen and oxygen atoms in total. The summed E-state index contributed by atoms with van der Waals surface area (Å²) in [6, 6.07) is 7.89. The Kier molecular flexibility index (Phi) is 6.85. The molecule has 1 N–H and O–H groups in total. The zero-order chi connectivity index (χ0) is 18.4. The number of nitrogens with zero attached hydrogens (tertiary/aromatic N) is 2. The largest absolute Gasteiger partial charge is 0.355 e. The van der Waals surface area contributed by atoms with E-state index in [2.05, 4.69) is 10.2 Å². The molecule has 1 fully saturated rings. The fourth-order valence-corrected chi connectivity index (χ4v) is 2.84. The van der Waals surface area contributed by atoms with Crippen molar-refractivity contribution < 1.29 is 9.59 Å². The Morgan fingerprint density at radius 2 is 1.68 bits per heavy atom. The number of carbonyl (C=O) groups excluding carboxylic acids is 2. The topological polar surface area (TPSA) is 52.7 Å². The number of carbonyl (C=O) groups is 2. The van der Waals surface area contributed by atoms with Crippen molar-refractivity contribution in [2.24, 2.45) is 5.41 Å². The van der Waals surface area contributed by atoms with Crippen LogP contribution in [-0.4, -0.2) is 54.3 Å². The summed E-state index contributed by atoms with van der Waals surface area (Å²) >= 11 is 5.91. The van der Waals surface area contributed by atoms with Crippen LogP contribution in [-0.2, 0) is 16.1 Å². The predicted molar refractivity (Wildman–Crippen MR) is 100 cm³/mol. The zero-order valence-electron chi connectivity index (χ0n) is 15.3. The van der Waals surface area contributed by atoms with E-state index < -0.39 is 5.41 Å². The number of halogens is 1. The molecule has 1 aliphatic rings. The van der Waals surface area contributed by atoms with Crippen LogP contribution in [0.2, 0.25) is 5.02 Å². The lowest BCUT2D eigenvalue weighted by Crippen LogP contribution is -2.49. The lowest BCUT2D eigenvalue weighted by molar-refractivity contribution is -0.133. The second kappa shape index (κ2) is 8.68. The van der Waals surface area contributed by atoms with E-state index >= 15 is 0 Å². The van der Waals surface area contributed by atoms with Gasteiger partial charge in [0, 0.05) is 56.1 Å². The minimum Gasteiger partial charge on any atom is -0.355 e. The molecule has 2 rings (SSSR count). The van der Waals surface area contributed by atoms with Crippen molar-refractivity contribution in [1.29, 1.82) is 0 Å². The maximum absolute atomic E-state index is 12.3. The van der Waals surface area contributed by atoms with E-state index in [1.165, 1.54) is 5.56 Å². The first-order chi connectivity index (χ1) is 11.8. The van der Waals surface area contributed by atoms with Gasteiger partial charge in [-0.15, -0.1) is 0 Å². The molecular formula is C19H28ClN3O2. The fraction of sp³-hybridized carbons (Fsp3) is 0.579. The molecule has 1 heterocycles. The first-order valence-electron chi connectivity index (χ1n) is 8.78. The minimum absolute atomic E-state index is 0.0203. The van der Waals surface area contributed by atoms with Crippen LogP contribution in [0.15, 0.2) is 24.3 Å². The van der Waals surface area contributed by atoms with Crippen LogP contribution in [0.1, 0.15) is 32.8 Å². The van der Waals surface area contributed by atoms with E-state index in [9.17, 15) is 9.59 Å². The highest BCUT2D eigenvalue weighted by Gasteiger charge is 2.23. The number of benzene rings is 1. The van der Waals surface area contributed by atoms with Crippen molar-refractivity contribution in [1.82, 2.24) is 15.1 Å². The van der Waals surface area contributed by atoms with Gasteiger partial charge in [0.2, 0.25) is 11.8 Å². The van der Waals surface area contributed by atoms with Gasteiger partial charge in [0.05, 0.1) is 0 Å². The van der Waals surface area contributed by atoms with E-state index in [1.807, 2.05) is 49.9 Å². The predicted octanol–water partition coefficient (Wildman–Crippen LogP) is 2.54. The summed E-state index contributed by atoms with van der Waals surface area (Å²) in [5.74, 6) is 0.0911. The van der Waals surface area contributed by atoms with Crippen LogP contribution in [0.5, 0.6) is 0 Å². The van der Waals surface area contributed by atoms with Crippen molar-refractivity contribution in [3.05, 3.63) is 34.9 Å². The van der Waals surface area contributed by atoms with Crippen molar-refractivity contribution >= 4 is 23.4 Å². The van der Waals surface area contributed by atoms with Gasteiger partial charge in [0.25, 0.3) is 0 Å². The Bertz CT molecular complexity index is 588. The van der Waals surface area contributed by atoms with Gasteiger partial charge < -0.3 is 10.2 Å². The third kappa shape index (κ3) is 6.33. The molecule has 1 aromatic rings. The lowest BCUT2D eigenvalue weighted by atomic mass is 9.96. The molecule has 0 aromatic heterocycles. The highest BCUT2D eigenvalue weighted by atomic mass is 35.5. The smallest absolute Gasteiger partial charge is 0.225 e. The van der Waals surface area contributed by atoms with E-state index in [0.29, 0.717) is 13.0 Å². The molecule has 25 heavy (non-hydrogen) atoms. The standard InChI is InChI=1S/C19H28ClN3O2/c1-19(2,3)18(25)21-9-8-17(24)23-12-10-22(11-13-23)14-15-4-6-16(20)7-5-15/h4-7H,8-14H2,1-3H3,(H,21,25). The number of hydrogen-bond acceptors (Lipinski definition) is 3. The number of amides is 2. The van der Waals surface area contributed by atoms with Crippen molar-refractivity contribution in [2.75, 3.05) is 32.7 Å². The first kappa shape index (κ1) is 19.7. The molecule has 6 heteroatoms. The minimum atomic E-state index is -0.420. The molecule has 0 unspecified atom stereocenters. The van der Waals surface area contributed by atoms with Crippen LogP contribution >= 0.6 is 11.6 Å². The average Bonchev–Trinajstić information content (AvgIpc) is 2.56. The SMILES string of the molecule is CC(C)(C)C(=O)NCCC(=O)N1CCN(Cc2ccc(Cl)cc2)CC1. The van der Waals surface area contributed by atoms with Gasteiger partial charge in [-0.1, -0.05) is 44.5 Å². The molecule has 0 aliphatic carbocycles. The van der Waals surface area contributed by atoms with E-state index in [0.717, 1.165) is 37.7 Å². The van der Waals surface area contributed by atoms with Gasteiger partial charge in [-0.3, -0.25) is 14.5 Å². The maximum atomic E-state index is 12.3. The number of nitrogens with one attached hydrogen (secondary N) is 1. The second-order valence-electron chi connectivity index (χ2n) is 7.54. The third-order valence-electron chi connectivity index (χ3n) is 4.35. The van der Waals surface area contributed by atoms with Crippen molar-refractivity contribution in [2.45, 2.75) is 33.7 Å². The van der Waals surface area contributed by atoms with Crippen LogP contribution in [0.25, 0.3) is 0 Å². The second-order valence-corrected chi connectivity index (χ2v) is 7.98. The van der Waals surface area contributed by atoms with Crippen LogP contribution in [0.3, 0.4) is 0 Å². The molecule has 0 bridgehead atoms. The van der Waals surface area contributed by atoms with E-state index in [4.69, 9.17) is 11.6 Å². The average molecular weight is 366 g/mol. The normalized spacial score (nSPS) is 15.9. The molecule has 138 valence electrons. The van der Waals surface area contributed by atoms with E-state index in [-0.39, 0.29) is 11.8 Å². The summed E-state index contributed by atoms with van der Waals surface area (Å²) in [7, 11) is 0. The van der Waals surface area contributed by atoms with Crippen molar-refractivity contribution in [3.8, 4) is 0 Å². The summed E-state index contributed by atoms with van der Waals surface area (Å²) in [6.45, 7) is 10.1. The molecule has 1 aliphatic heterocycles. The molecule has 2 amide bonds. The highest BCUT2D eigenvalue weighted by molar-refractivity contribution is 6.30. The Hall–Kier alpha value is -1.59. The summed E-state index contributed by atoms with van der Waals surface area (Å²) < 4.78 is 0. The molecule has 0 spiro atoms. The van der Waals surface area contributed by atoms with Gasteiger partial charge in [0.15, 0.2) is 0 Å². The Morgan fingerprint density at radius 3 is 2.24 bits per heavy atom. The summed E-state index contributed by atoms with van der Waals surface area (Å²) in [4.78, 5) is 28.3. The molecular weight excluding hydrogens is 338 g/mol. The Balaban J connectivity index is 1.69. The maximum Gasteiger partial charge on any atom is 0.225 e. The number of rotatable bonds is 5. The fourth-order valence-electron chi connectivity index (χ4n) is 2.71. The summed E-state index contributed by atoms with van der Waals surface area (Å²) in [5, 5.41) is 3.58. The molecule has 0 radical (unpaired) electrons. The Morgan fingerprint density at radius 1 is 1.08 bits per heavy atom. The summed E-state index contributed by atoms with van der Waals surface area (Å²) in [5.41, 5.74) is 0.810. The monoisotopic (exact) mass is 365 g/mol. The Labute approximate surface area is 155 Å². The zero-order valence-corrected chi connectivity index (χ0v) is 16.1. The van der Waals surface area contributed by atoms with Crippen LogP contribution in [0, 0.1) is 5.41 Å². The lowest BCUT2D eigenvalue weighted by Gasteiger charge is -2.35. The number of piperazine rings is 1. The molecule has 1 saturated heterocycles. The van der Waals surface area contributed by atoms with Gasteiger partial charge in [-0.2, -0.15) is 0 Å². The van der Waals surface area contributed by atoms with Gasteiger partial charge in [-0.25, -0.2) is 0 Å². The van der Waals surface area contributed by atoms with Gasteiger partial charge >= 0.3 is 0 Å². The quantitative estimate of drug-likeness (QED) is 0.872. The van der Waals surface area contributed by atoms with E-state index in [1.54, 1.807) is 0 Å². The van der Waals surface area contributed by atoms with Gasteiger partial charge in [0.1, 0.15) is 0 Å². The first-order valence-corrected chi connectivity index (χ1v) is 9.16.